The van der Waals surface area contributed by atoms with Crippen LogP contribution in [0.1, 0.15) is 32.8 Å². The molecule has 0 spiro atoms. The lowest BCUT2D eigenvalue weighted by molar-refractivity contribution is 0.117. The number of ether oxygens (including phenoxy) is 1. The maximum atomic E-state index is 5.59. The first-order chi connectivity index (χ1) is 6.97. The summed E-state index contributed by atoms with van der Waals surface area (Å²) in [5.74, 6) is 0. The van der Waals surface area contributed by atoms with Crippen LogP contribution in [0.25, 0.3) is 0 Å². The Morgan fingerprint density at radius 1 is 1.20 bits per heavy atom. The molecule has 0 aliphatic heterocycles. The first kappa shape index (κ1) is 12.2. The van der Waals surface area contributed by atoms with Crippen LogP contribution in [-0.2, 0) is 11.2 Å². The molecular formula is C13H18OS. The molecule has 0 N–H and O–H groups in total. The van der Waals surface area contributed by atoms with Crippen LogP contribution in [0.4, 0.5) is 0 Å². The van der Waals surface area contributed by atoms with Gasteiger partial charge in [0.15, 0.2) is 5.05 Å². The first-order valence-electron chi connectivity index (χ1n) is 5.23. The minimum Gasteiger partial charge on any atom is -0.482 e. The summed E-state index contributed by atoms with van der Waals surface area (Å²) in [7, 11) is 0. The van der Waals surface area contributed by atoms with E-state index in [4.69, 9.17) is 17.0 Å². The summed E-state index contributed by atoms with van der Waals surface area (Å²) in [4.78, 5) is 0. The van der Waals surface area contributed by atoms with Crippen molar-refractivity contribution in [3.05, 3.63) is 35.9 Å². The molecular weight excluding hydrogens is 204 g/mol. The maximum Gasteiger partial charge on any atom is 0.160 e. The van der Waals surface area contributed by atoms with Crippen LogP contribution < -0.4 is 0 Å². The van der Waals surface area contributed by atoms with Crippen LogP contribution in [0.3, 0.4) is 0 Å². The van der Waals surface area contributed by atoms with Crippen LogP contribution >= 0.6 is 12.2 Å². The zero-order valence-electron chi connectivity index (χ0n) is 9.62. The van der Waals surface area contributed by atoms with Crippen molar-refractivity contribution in [1.82, 2.24) is 0 Å². The molecule has 0 saturated carbocycles. The van der Waals surface area contributed by atoms with E-state index >= 15 is 0 Å². The van der Waals surface area contributed by atoms with E-state index in [9.17, 15) is 0 Å². The number of thiocarbonyl (C=S) groups is 1. The molecule has 15 heavy (non-hydrogen) atoms. The summed E-state index contributed by atoms with van der Waals surface area (Å²) in [6, 6.07) is 10.3. The Morgan fingerprint density at radius 3 is 2.33 bits per heavy atom. The van der Waals surface area contributed by atoms with Crippen LogP contribution in [-0.4, -0.2) is 10.7 Å². The molecule has 0 radical (unpaired) electrons. The van der Waals surface area contributed by atoms with Gasteiger partial charge in [0.25, 0.3) is 0 Å². The zero-order chi connectivity index (χ0) is 11.3. The second-order valence-electron chi connectivity index (χ2n) is 4.57. The molecule has 0 aliphatic rings. The summed E-state index contributed by atoms with van der Waals surface area (Å²) in [6.45, 7) is 6.05. The standard InChI is InChI=1S/C13H18OS/c1-13(2,3)14-12(15)10-9-11-7-5-4-6-8-11/h4-8H,9-10H2,1-3H3. The fourth-order valence-electron chi connectivity index (χ4n) is 1.28. The van der Waals surface area contributed by atoms with Crippen molar-refractivity contribution in [2.24, 2.45) is 0 Å². The maximum absolute atomic E-state index is 5.59. The molecule has 0 amide bonds. The van der Waals surface area contributed by atoms with E-state index in [0.29, 0.717) is 5.05 Å². The highest BCUT2D eigenvalue weighted by Gasteiger charge is 2.13. The molecule has 0 saturated heterocycles. The van der Waals surface area contributed by atoms with Gasteiger partial charge in [-0.15, -0.1) is 0 Å². The predicted octanol–water partition coefficient (Wildman–Crippen LogP) is 3.76. The second kappa shape index (κ2) is 5.26. The Labute approximate surface area is 97.5 Å². The molecule has 0 heterocycles. The third-order valence-corrected chi connectivity index (χ3v) is 2.17. The molecule has 1 rings (SSSR count). The van der Waals surface area contributed by atoms with Gasteiger partial charge in [0, 0.05) is 6.42 Å². The number of benzene rings is 1. The Hall–Kier alpha value is -0.890. The summed E-state index contributed by atoms with van der Waals surface area (Å²) < 4.78 is 5.59. The van der Waals surface area contributed by atoms with Crippen molar-refractivity contribution in [3.8, 4) is 0 Å². The lowest BCUT2D eigenvalue weighted by atomic mass is 10.1. The van der Waals surface area contributed by atoms with Gasteiger partial charge < -0.3 is 4.74 Å². The number of hydrogen-bond donors (Lipinski definition) is 0. The number of hydrogen-bond acceptors (Lipinski definition) is 2. The van der Waals surface area contributed by atoms with E-state index in [1.54, 1.807) is 0 Å². The normalized spacial score (nSPS) is 11.1. The Bertz CT molecular complexity index is 311. The Kier molecular flexibility index (Phi) is 4.28. The summed E-state index contributed by atoms with van der Waals surface area (Å²) in [6.07, 6.45) is 1.77. The van der Waals surface area contributed by atoms with Gasteiger partial charge in [0.05, 0.1) is 0 Å². The van der Waals surface area contributed by atoms with Gasteiger partial charge >= 0.3 is 0 Å². The Balaban J connectivity index is 2.35. The van der Waals surface area contributed by atoms with Crippen LogP contribution in [0, 0.1) is 0 Å². The lowest BCUT2D eigenvalue weighted by Gasteiger charge is -2.21. The molecule has 1 aromatic rings. The quantitative estimate of drug-likeness (QED) is 0.720. The summed E-state index contributed by atoms with van der Waals surface area (Å²) in [5, 5.41) is 0.700. The zero-order valence-corrected chi connectivity index (χ0v) is 10.4. The predicted molar refractivity (Wildman–Crippen MR) is 68.2 cm³/mol. The second-order valence-corrected chi connectivity index (χ2v) is 5.03. The van der Waals surface area contributed by atoms with E-state index in [1.165, 1.54) is 5.56 Å². The average Bonchev–Trinajstić information content (AvgIpc) is 2.14. The lowest BCUT2D eigenvalue weighted by Crippen LogP contribution is -2.22. The number of aryl methyl sites for hydroxylation is 1. The third kappa shape index (κ3) is 5.53. The van der Waals surface area contributed by atoms with Crippen molar-refractivity contribution in [3.63, 3.8) is 0 Å². The van der Waals surface area contributed by atoms with Gasteiger partial charge in [-0.05, 0) is 45.0 Å². The fraction of sp³-hybridized carbons (Fsp3) is 0.462. The summed E-state index contributed by atoms with van der Waals surface area (Å²) in [5.41, 5.74) is 1.13. The van der Waals surface area contributed by atoms with E-state index in [2.05, 4.69) is 12.1 Å². The highest BCUT2D eigenvalue weighted by molar-refractivity contribution is 7.80. The molecule has 0 aromatic heterocycles. The highest BCUT2D eigenvalue weighted by atomic mass is 32.1. The molecule has 0 aliphatic carbocycles. The van der Waals surface area contributed by atoms with Gasteiger partial charge in [-0.1, -0.05) is 30.3 Å². The smallest absolute Gasteiger partial charge is 0.160 e. The molecule has 0 unspecified atom stereocenters. The fourth-order valence-corrected chi connectivity index (χ4v) is 1.64. The molecule has 2 heteroatoms. The molecule has 1 aromatic carbocycles. The van der Waals surface area contributed by atoms with Gasteiger partial charge in [-0.2, -0.15) is 0 Å². The van der Waals surface area contributed by atoms with Crippen LogP contribution in [0.15, 0.2) is 30.3 Å². The van der Waals surface area contributed by atoms with Gasteiger partial charge in [0.1, 0.15) is 5.60 Å². The monoisotopic (exact) mass is 222 g/mol. The number of rotatable bonds is 3. The third-order valence-electron chi connectivity index (χ3n) is 1.88. The minimum absolute atomic E-state index is 0.173. The molecule has 0 fully saturated rings. The van der Waals surface area contributed by atoms with Crippen LogP contribution in [0.2, 0.25) is 0 Å². The van der Waals surface area contributed by atoms with Gasteiger partial charge in [0.2, 0.25) is 0 Å². The van der Waals surface area contributed by atoms with E-state index in [0.717, 1.165) is 12.8 Å². The topological polar surface area (TPSA) is 9.23 Å². The molecule has 0 bridgehead atoms. The SMILES string of the molecule is CC(C)(C)OC(=S)CCc1ccccc1. The largest absolute Gasteiger partial charge is 0.482 e. The van der Waals surface area contributed by atoms with Crippen molar-refractivity contribution < 1.29 is 4.74 Å². The van der Waals surface area contributed by atoms with Crippen molar-refractivity contribution in [2.45, 2.75) is 39.2 Å². The van der Waals surface area contributed by atoms with Crippen molar-refractivity contribution >= 4 is 17.3 Å². The first-order valence-corrected chi connectivity index (χ1v) is 5.64. The van der Waals surface area contributed by atoms with Crippen molar-refractivity contribution in [1.29, 1.82) is 0 Å². The van der Waals surface area contributed by atoms with Crippen LogP contribution in [0.5, 0.6) is 0 Å². The van der Waals surface area contributed by atoms with Gasteiger partial charge in [-0.3, -0.25) is 0 Å². The molecule has 0 atom stereocenters. The average molecular weight is 222 g/mol. The van der Waals surface area contributed by atoms with Gasteiger partial charge in [-0.25, -0.2) is 0 Å². The molecule has 1 nitrogen and oxygen atoms in total. The van der Waals surface area contributed by atoms with E-state index in [-0.39, 0.29) is 5.60 Å². The highest BCUT2D eigenvalue weighted by Crippen LogP contribution is 2.11. The van der Waals surface area contributed by atoms with E-state index in [1.807, 2.05) is 39.0 Å². The summed E-state index contributed by atoms with van der Waals surface area (Å²) >= 11 is 5.18. The minimum atomic E-state index is -0.173. The Morgan fingerprint density at radius 2 is 1.80 bits per heavy atom. The van der Waals surface area contributed by atoms with E-state index < -0.39 is 0 Å². The van der Waals surface area contributed by atoms with Crippen molar-refractivity contribution in [2.75, 3.05) is 0 Å². The molecule has 82 valence electrons.